The highest BCUT2D eigenvalue weighted by atomic mass is 16.6. The number of methoxy groups -OCH3 is 1. The first kappa shape index (κ1) is 19.3. The van der Waals surface area contributed by atoms with Crippen molar-refractivity contribution in [3.8, 4) is 5.88 Å². The topological polar surface area (TPSA) is 155 Å². The monoisotopic (exact) mass is 381 g/mol. The molecule has 0 unspecified atom stereocenters. The van der Waals surface area contributed by atoms with Gasteiger partial charge in [-0.1, -0.05) is 0 Å². The summed E-state index contributed by atoms with van der Waals surface area (Å²) in [6.45, 7) is 4.64. The summed E-state index contributed by atoms with van der Waals surface area (Å²) in [7, 11) is 1.42. The number of carbonyl (C=O) groups is 1. The normalized spacial score (nSPS) is 25.7. The molecule has 11 nitrogen and oxygen atoms in total. The Kier molecular flexibility index (Phi) is 4.93. The van der Waals surface area contributed by atoms with Crippen LogP contribution in [0.1, 0.15) is 27.0 Å². The summed E-state index contributed by atoms with van der Waals surface area (Å²) in [4.78, 5) is 24.7. The van der Waals surface area contributed by atoms with Gasteiger partial charge in [-0.05, 0) is 20.8 Å². The largest absolute Gasteiger partial charge is 0.479 e. The van der Waals surface area contributed by atoms with E-state index in [1.54, 1.807) is 20.8 Å². The number of rotatable bonds is 4. The third-order valence-corrected chi connectivity index (χ3v) is 4.22. The van der Waals surface area contributed by atoms with Crippen LogP contribution in [-0.4, -0.2) is 67.7 Å². The van der Waals surface area contributed by atoms with Gasteiger partial charge in [0.15, 0.2) is 23.5 Å². The number of nitrogen functional groups attached to an aromatic ring is 1. The van der Waals surface area contributed by atoms with Gasteiger partial charge in [0.1, 0.15) is 12.2 Å². The Bertz CT molecular complexity index is 848. The van der Waals surface area contributed by atoms with Crippen LogP contribution in [0.2, 0.25) is 0 Å². The minimum absolute atomic E-state index is 0.0402. The smallest absolute Gasteiger partial charge is 0.311 e. The number of nitrogens with two attached hydrogens (primary N) is 1. The first-order valence-electron chi connectivity index (χ1n) is 8.37. The molecule has 0 spiro atoms. The zero-order valence-electron chi connectivity index (χ0n) is 15.5. The predicted octanol–water partition coefficient (Wildman–Crippen LogP) is -0.374. The molecule has 4 N–H and O–H groups in total. The third-order valence-electron chi connectivity index (χ3n) is 4.22. The zero-order valence-corrected chi connectivity index (χ0v) is 15.5. The van der Waals surface area contributed by atoms with E-state index in [4.69, 9.17) is 19.9 Å². The number of ether oxygens (including phenoxy) is 3. The minimum atomic E-state index is -1.23. The number of esters is 1. The summed E-state index contributed by atoms with van der Waals surface area (Å²) >= 11 is 0. The summed E-state index contributed by atoms with van der Waals surface area (Å²) in [5.41, 5.74) is 5.55. The van der Waals surface area contributed by atoms with Crippen molar-refractivity contribution in [2.75, 3.05) is 19.5 Å². The van der Waals surface area contributed by atoms with Gasteiger partial charge in [0.2, 0.25) is 11.8 Å². The molecule has 0 aliphatic carbocycles. The summed E-state index contributed by atoms with van der Waals surface area (Å²) in [6.07, 6.45) is -2.81. The lowest BCUT2D eigenvalue weighted by molar-refractivity contribution is -0.167. The third kappa shape index (κ3) is 3.40. The first-order valence-corrected chi connectivity index (χ1v) is 8.37. The molecule has 3 heterocycles. The lowest BCUT2D eigenvalue weighted by Crippen LogP contribution is -2.39. The molecule has 1 fully saturated rings. The quantitative estimate of drug-likeness (QED) is 0.597. The molecule has 1 aliphatic heterocycles. The minimum Gasteiger partial charge on any atom is -0.479 e. The van der Waals surface area contributed by atoms with Crippen LogP contribution in [0.5, 0.6) is 5.88 Å². The van der Waals surface area contributed by atoms with Crippen molar-refractivity contribution in [3.05, 3.63) is 6.33 Å². The average molecular weight is 381 g/mol. The van der Waals surface area contributed by atoms with E-state index in [1.807, 2.05) is 0 Å². The van der Waals surface area contributed by atoms with Crippen molar-refractivity contribution in [2.45, 2.75) is 45.3 Å². The molecule has 0 saturated carbocycles. The molecule has 4 atom stereocenters. The highest BCUT2D eigenvalue weighted by molar-refractivity contribution is 5.78. The van der Waals surface area contributed by atoms with E-state index in [1.165, 1.54) is 18.0 Å². The average Bonchev–Trinajstić information content (AvgIpc) is 3.15. The second-order valence-electron chi connectivity index (χ2n) is 7.27. The maximum Gasteiger partial charge on any atom is 0.311 e. The van der Waals surface area contributed by atoms with E-state index in [9.17, 15) is 15.0 Å². The van der Waals surface area contributed by atoms with E-state index in [0.717, 1.165) is 0 Å². The second kappa shape index (κ2) is 6.91. The number of nitrogens with zero attached hydrogens (tertiary/aromatic N) is 4. The summed E-state index contributed by atoms with van der Waals surface area (Å²) in [5.74, 6) is -0.381. The number of aliphatic hydroxyl groups is 2. The number of hydrogen-bond acceptors (Lipinski definition) is 10. The van der Waals surface area contributed by atoms with E-state index >= 15 is 0 Å². The van der Waals surface area contributed by atoms with Gasteiger partial charge in [0.25, 0.3) is 0 Å². The zero-order chi connectivity index (χ0) is 19.9. The molecule has 1 saturated heterocycles. The number of aliphatic hydroxyl groups excluding tert-OH is 2. The van der Waals surface area contributed by atoms with Crippen molar-refractivity contribution >= 4 is 23.1 Å². The van der Waals surface area contributed by atoms with Gasteiger partial charge >= 0.3 is 5.97 Å². The van der Waals surface area contributed by atoms with Crippen LogP contribution >= 0.6 is 0 Å². The molecule has 148 valence electrons. The van der Waals surface area contributed by atoms with Gasteiger partial charge in [-0.25, -0.2) is 4.98 Å². The van der Waals surface area contributed by atoms with Crippen molar-refractivity contribution in [2.24, 2.45) is 5.41 Å². The fraction of sp³-hybridized carbons (Fsp3) is 0.625. The fourth-order valence-corrected chi connectivity index (χ4v) is 2.76. The Balaban J connectivity index is 2.04. The Morgan fingerprint density at radius 3 is 2.70 bits per heavy atom. The van der Waals surface area contributed by atoms with E-state index < -0.39 is 42.5 Å². The van der Waals surface area contributed by atoms with Crippen LogP contribution in [0.15, 0.2) is 6.33 Å². The molecule has 0 aromatic carbocycles. The predicted molar refractivity (Wildman–Crippen MR) is 92.6 cm³/mol. The molecule has 2 aromatic heterocycles. The standard InChI is InChI=1S/C16H23N5O6/c1-16(2,3)14(24)27-10-9(23)7(5-22)26-13(10)21-6-18-8-11(21)19-15(17)20-12(8)25-4/h6-7,9-10,13,22-23H,5H2,1-4H3,(H2,17,19,20)/t7-,9-,10+,13-/m1/s1. The van der Waals surface area contributed by atoms with Crippen LogP contribution in [0, 0.1) is 5.41 Å². The van der Waals surface area contributed by atoms with Gasteiger partial charge in [-0.2, -0.15) is 9.97 Å². The maximum absolute atomic E-state index is 12.4. The van der Waals surface area contributed by atoms with Crippen molar-refractivity contribution < 1.29 is 29.2 Å². The molecule has 2 aromatic rings. The van der Waals surface area contributed by atoms with Crippen LogP contribution in [-0.2, 0) is 14.3 Å². The van der Waals surface area contributed by atoms with Crippen LogP contribution < -0.4 is 10.5 Å². The Morgan fingerprint density at radius 2 is 2.11 bits per heavy atom. The molecule has 0 radical (unpaired) electrons. The van der Waals surface area contributed by atoms with Gasteiger partial charge in [0, 0.05) is 0 Å². The van der Waals surface area contributed by atoms with Crippen LogP contribution in [0.25, 0.3) is 11.2 Å². The highest BCUT2D eigenvalue weighted by Crippen LogP contribution is 2.36. The van der Waals surface area contributed by atoms with Gasteiger partial charge in [-0.15, -0.1) is 0 Å². The van der Waals surface area contributed by atoms with Crippen molar-refractivity contribution in [1.29, 1.82) is 0 Å². The number of imidazole rings is 1. The lowest BCUT2D eigenvalue weighted by Gasteiger charge is -2.25. The van der Waals surface area contributed by atoms with E-state index in [-0.39, 0.29) is 17.5 Å². The fourth-order valence-electron chi connectivity index (χ4n) is 2.76. The first-order chi connectivity index (χ1) is 12.7. The molecular weight excluding hydrogens is 358 g/mol. The Hall–Kier alpha value is -2.50. The molecular formula is C16H23N5O6. The maximum atomic E-state index is 12.4. The molecule has 0 amide bonds. The number of aromatic nitrogens is 4. The van der Waals surface area contributed by atoms with E-state index in [2.05, 4.69) is 15.0 Å². The molecule has 11 heteroatoms. The lowest BCUT2D eigenvalue weighted by atomic mass is 9.97. The Labute approximate surface area is 155 Å². The molecule has 0 bridgehead atoms. The highest BCUT2D eigenvalue weighted by Gasteiger charge is 2.48. The van der Waals surface area contributed by atoms with Crippen LogP contribution in [0.3, 0.4) is 0 Å². The summed E-state index contributed by atoms with van der Waals surface area (Å²) in [6, 6.07) is 0. The Morgan fingerprint density at radius 1 is 1.41 bits per heavy atom. The van der Waals surface area contributed by atoms with E-state index in [0.29, 0.717) is 5.52 Å². The SMILES string of the molecule is COc1nc(N)nc2c1ncn2[C@@H]1O[C@H](CO)[C@@H](O)[C@@H]1OC(=O)C(C)(C)C. The second-order valence-corrected chi connectivity index (χ2v) is 7.27. The molecule has 27 heavy (non-hydrogen) atoms. The van der Waals surface area contributed by atoms with Crippen LogP contribution in [0.4, 0.5) is 5.95 Å². The summed E-state index contributed by atoms with van der Waals surface area (Å²) < 4.78 is 17.9. The van der Waals surface area contributed by atoms with Crippen molar-refractivity contribution in [3.63, 3.8) is 0 Å². The van der Waals surface area contributed by atoms with Gasteiger partial charge in [0.05, 0.1) is 25.5 Å². The molecule has 3 rings (SSSR count). The molecule has 1 aliphatic rings. The van der Waals surface area contributed by atoms with Crippen molar-refractivity contribution in [1.82, 2.24) is 19.5 Å². The van der Waals surface area contributed by atoms with Gasteiger partial charge < -0.3 is 30.2 Å². The summed E-state index contributed by atoms with van der Waals surface area (Å²) in [5, 5.41) is 20.0. The van der Waals surface area contributed by atoms with Gasteiger partial charge in [-0.3, -0.25) is 9.36 Å². The number of carbonyl (C=O) groups excluding carboxylic acids is 1. The number of anilines is 1. The number of fused-ring (bicyclic) bond motifs is 1. The number of hydrogen-bond donors (Lipinski definition) is 3.